The Kier molecular flexibility index (Phi) is 4.52. The van der Waals surface area contributed by atoms with Gasteiger partial charge in [0.15, 0.2) is 0 Å². The van der Waals surface area contributed by atoms with Crippen LogP contribution in [0, 0.1) is 0 Å². The molecule has 7 nitrogen and oxygen atoms in total. The van der Waals surface area contributed by atoms with Crippen LogP contribution < -0.4 is 5.11 Å². The number of aliphatic carboxylic acids is 1. The summed E-state index contributed by atoms with van der Waals surface area (Å²) in [5, 5.41) is 10.7. The third-order valence-corrected chi connectivity index (χ3v) is 5.64. The fraction of sp³-hybridized carbons (Fsp3) is 0.429. The molecule has 0 unspecified atom stereocenters. The molecular weight excluding hydrogens is 306 g/mol. The van der Waals surface area contributed by atoms with Crippen molar-refractivity contribution in [3.63, 3.8) is 0 Å². The predicted molar refractivity (Wildman–Crippen MR) is 79.5 cm³/mol. The van der Waals surface area contributed by atoms with Crippen LogP contribution in [0.5, 0.6) is 0 Å². The third-order valence-electron chi connectivity index (χ3n) is 3.59. The van der Waals surface area contributed by atoms with Crippen LogP contribution in [0.25, 0.3) is 11.0 Å². The van der Waals surface area contributed by atoms with Crippen LogP contribution in [0.2, 0.25) is 0 Å². The van der Waals surface area contributed by atoms with Crippen LogP contribution in [0.4, 0.5) is 0 Å². The van der Waals surface area contributed by atoms with Gasteiger partial charge in [0.1, 0.15) is 5.82 Å². The molecule has 0 fully saturated rings. The standard InChI is InChI=1S/C14H19N3O4S/c1-4-17(5-2)22(20,21)10-6-7-12-11(8-10)15-13(16(12)3)9-14(18)19/h6-8H,4-5,9H2,1-3H3,(H,18,19)/p-1. The summed E-state index contributed by atoms with van der Waals surface area (Å²) in [4.78, 5) is 15.1. The van der Waals surface area contributed by atoms with Gasteiger partial charge in [0.25, 0.3) is 0 Å². The first-order valence-corrected chi connectivity index (χ1v) is 8.40. The molecule has 22 heavy (non-hydrogen) atoms. The number of aryl methyl sites for hydroxylation is 1. The SMILES string of the molecule is CCN(CC)S(=O)(=O)c1ccc2c(c1)nc(CC(=O)[O-])n2C. The van der Waals surface area contributed by atoms with Gasteiger partial charge in [0.05, 0.1) is 15.9 Å². The van der Waals surface area contributed by atoms with E-state index in [-0.39, 0.29) is 11.3 Å². The number of imidazole rings is 1. The maximum Gasteiger partial charge on any atom is 0.243 e. The molecule has 2 aromatic rings. The van der Waals surface area contributed by atoms with Crippen LogP contribution in [0.3, 0.4) is 0 Å². The van der Waals surface area contributed by atoms with Crippen LogP contribution in [0.1, 0.15) is 19.7 Å². The Bertz CT molecular complexity index is 807. The molecule has 0 aliphatic heterocycles. The number of carbonyl (C=O) groups is 1. The van der Waals surface area contributed by atoms with Crippen LogP contribution in [0.15, 0.2) is 23.1 Å². The highest BCUT2D eigenvalue weighted by atomic mass is 32.2. The van der Waals surface area contributed by atoms with Gasteiger partial charge in [0.2, 0.25) is 10.0 Å². The van der Waals surface area contributed by atoms with E-state index in [1.807, 2.05) is 0 Å². The number of hydrogen-bond acceptors (Lipinski definition) is 5. The molecule has 0 saturated carbocycles. The van der Waals surface area contributed by atoms with Crippen molar-refractivity contribution in [3.05, 3.63) is 24.0 Å². The molecule has 120 valence electrons. The lowest BCUT2D eigenvalue weighted by Crippen LogP contribution is -2.30. The van der Waals surface area contributed by atoms with Gasteiger partial charge >= 0.3 is 0 Å². The fourth-order valence-corrected chi connectivity index (χ4v) is 3.87. The first-order chi connectivity index (χ1) is 10.3. The number of hydrogen-bond donors (Lipinski definition) is 0. The number of carbonyl (C=O) groups excluding carboxylic acids is 1. The van der Waals surface area contributed by atoms with Gasteiger partial charge in [-0.05, 0) is 18.2 Å². The molecule has 0 bridgehead atoms. The van der Waals surface area contributed by atoms with Gasteiger partial charge in [-0.1, -0.05) is 13.8 Å². The number of carboxylic acid groups (broad SMARTS) is 1. The predicted octanol–water partition coefficient (Wildman–Crippen LogP) is -0.104. The minimum Gasteiger partial charge on any atom is -0.550 e. The number of benzene rings is 1. The summed E-state index contributed by atoms with van der Waals surface area (Å²) >= 11 is 0. The molecule has 0 N–H and O–H groups in total. The second-order valence-corrected chi connectivity index (χ2v) is 6.81. The summed E-state index contributed by atoms with van der Waals surface area (Å²) in [5.74, 6) is -0.901. The monoisotopic (exact) mass is 324 g/mol. The lowest BCUT2D eigenvalue weighted by molar-refractivity contribution is -0.304. The van der Waals surface area contributed by atoms with Gasteiger partial charge < -0.3 is 14.5 Å². The molecule has 0 saturated heterocycles. The maximum atomic E-state index is 12.5. The second-order valence-electron chi connectivity index (χ2n) is 4.88. The van der Waals surface area contributed by atoms with Crippen molar-refractivity contribution < 1.29 is 18.3 Å². The molecule has 0 atom stereocenters. The molecule has 2 rings (SSSR count). The van der Waals surface area contributed by atoms with E-state index in [2.05, 4.69) is 4.98 Å². The van der Waals surface area contributed by atoms with E-state index in [0.29, 0.717) is 29.9 Å². The number of fused-ring (bicyclic) bond motifs is 1. The van der Waals surface area contributed by atoms with Crippen molar-refractivity contribution in [2.75, 3.05) is 13.1 Å². The van der Waals surface area contributed by atoms with E-state index >= 15 is 0 Å². The molecule has 0 amide bonds. The van der Waals surface area contributed by atoms with Gasteiger partial charge in [-0.15, -0.1) is 0 Å². The lowest BCUT2D eigenvalue weighted by atomic mass is 10.3. The summed E-state index contributed by atoms with van der Waals surface area (Å²) in [6.07, 6.45) is -0.316. The zero-order valence-electron chi connectivity index (χ0n) is 12.7. The Balaban J connectivity index is 2.53. The van der Waals surface area contributed by atoms with E-state index in [1.165, 1.54) is 16.4 Å². The normalized spacial score (nSPS) is 12.2. The topological polar surface area (TPSA) is 95.3 Å². The van der Waals surface area contributed by atoms with Crippen molar-refractivity contribution in [2.45, 2.75) is 25.2 Å². The Morgan fingerprint density at radius 3 is 2.50 bits per heavy atom. The Morgan fingerprint density at radius 2 is 1.95 bits per heavy atom. The molecule has 0 aliphatic rings. The highest BCUT2D eigenvalue weighted by Crippen LogP contribution is 2.22. The zero-order chi connectivity index (χ0) is 16.5. The van der Waals surface area contributed by atoms with Gasteiger partial charge in [-0.2, -0.15) is 4.31 Å². The van der Waals surface area contributed by atoms with Crippen LogP contribution >= 0.6 is 0 Å². The Labute approximate surface area is 129 Å². The van der Waals surface area contributed by atoms with Crippen LogP contribution in [-0.2, 0) is 28.3 Å². The summed E-state index contributed by atoms with van der Waals surface area (Å²) in [6, 6.07) is 4.62. The van der Waals surface area contributed by atoms with Gasteiger partial charge in [0, 0.05) is 32.5 Å². The molecule has 1 aromatic carbocycles. The minimum absolute atomic E-state index is 0.154. The van der Waals surface area contributed by atoms with Crippen molar-refractivity contribution in [2.24, 2.45) is 7.05 Å². The third kappa shape index (κ3) is 2.84. The smallest absolute Gasteiger partial charge is 0.243 e. The van der Waals surface area contributed by atoms with Crippen LogP contribution in [-0.4, -0.2) is 41.3 Å². The first kappa shape index (κ1) is 16.4. The first-order valence-electron chi connectivity index (χ1n) is 6.96. The van der Waals surface area contributed by atoms with E-state index in [0.717, 1.165) is 0 Å². The van der Waals surface area contributed by atoms with Crippen molar-refractivity contribution in [1.82, 2.24) is 13.9 Å². The average Bonchev–Trinajstić information content (AvgIpc) is 2.75. The van der Waals surface area contributed by atoms with E-state index < -0.39 is 16.0 Å². The Morgan fingerprint density at radius 1 is 1.32 bits per heavy atom. The molecule has 0 aliphatic carbocycles. The highest BCUT2D eigenvalue weighted by Gasteiger charge is 2.22. The molecule has 0 radical (unpaired) electrons. The van der Waals surface area contributed by atoms with Crippen molar-refractivity contribution in [1.29, 1.82) is 0 Å². The van der Waals surface area contributed by atoms with Crippen molar-refractivity contribution >= 4 is 27.0 Å². The molecule has 8 heteroatoms. The Hall–Kier alpha value is -1.93. The van der Waals surface area contributed by atoms with E-state index in [9.17, 15) is 18.3 Å². The second kappa shape index (κ2) is 6.05. The summed E-state index contributed by atoms with van der Waals surface area (Å²) in [7, 11) is -1.88. The lowest BCUT2D eigenvalue weighted by Gasteiger charge is -2.18. The maximum absolute atomic E-state index is 12.5. The highest BCUT2D eigenvalue weighted by molar-refractivity contribution is 7.89. The molecule has 1 aromatic heterocycles. The number of aromatic nitrogens is 2. The number of rotatable bonds is 6. The molecular formula is C14H18N3O4S-. The minimum atomic E-state index is -3.56. The van der Waals surface area contributed by atoms with E-state index in [4.69, 9.17) is 0 Å². The number of sulfonamides is 1. The number of nitrogens with zero attached hydrogens (tertiary/aromatic N) is 3. The van der Waals surface area contributed by atoms with Gasteiger partial charge in [-0.25, -0.2) is 13.4 Å². The average molecular weight is 324 g/mol. The summed E-state index contributed by atoms with van der Waals surface area (Å²) in [5.41, 5.74) is 1.13. The largest absolute Gasteiger partial charge is 0.550 e. The van der Waals surface area contributed by atoms with Gasteiger partial charge in [-0.3, -0.25) is 0 Å². The van der Waals surface area contributed by atoms with Crippen molar-refractivity contribution in [3.8, 4) is 0 Å². The fourth-order valence-electron chi connectivity index (χ4n) is 2.39. The molecule has 0 spiro atoms. The van der Waals surface area contributed by atoms with E-state index in [1.54, 1.807) is 31.5 Å². The zero-order valence-corrected chi connectivity index (χ0v) is 13.6. The summed E-state index contributed by atoms with van der Waals surface area (Å²) in [6.45, 7) is 4.32. The number of carboxylic acids is 1. The molecule has 1 heterocycles. The summed E-state index contributed by atoms with van der Waals surface area (Å²) < 4.78 is 28.0. The quantitative estimate of drug-likeness (QED) is 0.739.